The van der Waals surface area contributed by atoms with Crippen molar-refractivity contribution in [1.82, 2.24) is 5.32 Å². The molecule has 1 aliphatic carbocycles. The van der Waals surface area contributed by atoms with Crippen LogP contribution in [0.2, 0.25) is 0 Å². The summed E-state index contributed by atoms with van der Waals surface area (Å²) in [7, 11) is 0. The lowest BCUT2D eigenvalue weighted by molar-refractivity contribution is 0.0952. The zero-order valence-corrected chi connectivity index (χ0v) is 14.8. The van der Waals surface area contributed by atoms with E-state index in [2.05, 4.69) is 10.6 Å². The fourth-order valence-corrected chi connectivity index (χ4v) is 2.92. The Bertz CT molecular complexity index is 961. The van der Waals surface area contributed by atoms with Gasteiger partial charge in [-0.2, -0.15) is 0 Å². The summed E-state index contributed by atoms with van der Waals surface area (Å²) in [4.78, 5) is 25.0. The van der Waals surface area contributed by atoms with Crippen molar-refractivity contribution in [2.75, 3.05) is 5.32 Å². The molecule has 3 aromatic carbocycles. The molecular weight excluding hydrogens is 336 g/mol. The van der Waals surface area contributed by atoms with E-state index < -0.39 is 0 Å². The van der Waals surface area contributed by atoms with E-state index in [0.717, 1.165) is 24.0 Å². The van der Waals surface area contributed by atoms with E-state index in [4.69, 9.17) is 0 Å². The van der Waals surface area contributed by atoms with Gasteiger partial charge in [-0.15, -0.1) is 0 Å². The molecule has 3 aromatic rings. The standard InChI is InChI=1S/C23H20N2O2/c26-22(18-12-10-17(11-13-18)16-6-2-1-3-7-16)25-21-9-5-4-8-20(21)23(27)24-19-14-15-19/h1-13,19H,14-15H2,(H,24,27)(H,25,26). The van der Waals surface area contributed by atoms with Crippen LogP contribution in [0.4, 0.5) is 5.69 Å². The SMILES string of the molecule is O=C(Nc1ccccc1C(=O)NC1CC1)c1ccc(-c2ccccc2)cc1. The minimum atomic E-state index is -0.235. The van der Waals surface area contributed by atoms with Crippen LogP contribution >= 0.6 is 0 Å². The van der Waals surface area contributed by atoms with Crippen LogP contribution < -0.4 is 10.6 Å². The summed E-state index contributed by atoms with van der Waals surface area (Å²) in [5, 5.41) is 5.82. The fraction of sp³-hybridized carbons (Fsp3) is 0.130. The molecule has 0 aromatic heterocycles. The minimum Gasteiger partial charge on any atom is -0.349 e. The van der Waals surface area contributed by atoms with Gasteiger partial charge < -0.3 is 10.6 Å². The molecule has 0 bridgehead atoms. The van der Waals surface area contributed by atoms with Crippen LogP contribution in [0.1, 0.15) is 33.6 Å². The molecule has 2 N–H and O–H groups in total. The summed E-state index contributed by atoms with van der Waals surface area (Å²) in [6.07, 6.45) is 2.04. The maximum atomic E-state index is 12.6. The van der Waals surface area contributed by atoms with Gasteiger partial charge in [-0.3, -0.25) is 9.59 Å². The zero-order valence-electron chi connectivity index (χ0n) is 14.8. The summed E-state index contributed by atoms with van der Waals surface area (Å²) < 4.78 is 0. The van der Waals surface area contributed by atoms with Gasteiger partial charge in [-0.05, 0) is 48.2 Å². The Kier molecular flexibility index (Phi) is 4.71. The lowest BCUT2D eigenvalue weighted by atomic mass is 10.0. The molecule has 134 valence electrons. The second-order valence-corrected chi connectivity index (χ2v) is 6.69. The van der Waals surface area contributed by atoms with Gasteiger partial charge in [0.25, 0.3) is 11.8 Å². The maximum Gasteiger partial charge on any atom is 0.255 e. The Morgan fingerprint density at radius 3 is 2.04 bits per heavy atom. The average Bonchev–Trinajstić information content (AvgIpc) is 3.53. The van der Waals surface area contributed by atoms with Gasteiger partial charge in [0.1, 0.15) is 0 Å². The first-order chi connectivity index (χ1) is 13.2. The van der Waals surface area contributed by atoms with Gasteiger partial charge in [0.2, 0.25) is 0 Å². The third kappa shape index (κ3) is 4.06. The molecule has 1 aliphatic rings. The van der Waals surface area contributed by atoms with Crippen molar-refractivity contribution < 1.29 is 9.59 Å². The van der Waals surface area contributed by atoms with Crippen molar-refractivity contribution in [2.24, 2.45) is 0 Å². The summed E-state index contributed by atoms with van der Waals surface area (Å²) in [5.74, 6) is -0.380. The second kappa shape index (κ2) is 7.46. The quantitative estimate of drug-likeness (QED) is 0.707. The van der Waals surface area contributed by atoms with Crippen LogP contribution in [0.3, 0.4) is 0 Å². The monoisotopic (exact) mass is 356 g/mol. The number of hydrogen-bond donors (Lipinski definition) is 2. The molecule has 0 atom stereocenters. The Morgan fingerprint density at radius 2 is 1.33 bits per heavy atom. The van der Waals surface area contributed by atoms with Crippen LogP contribution in [0.5, 0.6) is 0 Å². The Hall–Kier alpha value is -3.40. The highest BCUT2D eigenvalue weighted by atomic mass is 16.2. The third-order valence-electron chi connectivity index (χ3n) is 4.59. The first kappa shape index (κ1) is 17.0. The molecule has 4 rings (SSSR count). The number of amides is 2. The smallest absolute Gasteiger partial charge is 0.255 e. The number of carbonyl (C=O) groups is 2. The Labute approximate surface area is 158 Å². The molecule has 0 aliphatic heterocycles. The highest BCUT2D eigenvalue weighted by molar-refractivity contribution is 6.09. The van der Waals surface area contributed by atoms with Crippen molar-refractivity contribution in [3.8, 4) is 11.1 Å². The Balaban J connectivity index is 1.50. The molecule has 0 unspecified atom stereocenters. The van der Waals surface area contributed by atoms with E-state index in [1.165, 1.54) is 0 Å². The van der Waals surface area contributed by atoms with E-state index in [1.807, 2.05) is 48.5 Å². The van der Waals surface area contributed by atoms with E-state index in [-0.39, 0.29) is 17.9 Å². The summed E-state index contributed by atoms with van der Waals surface area (Å²) in [6.45, 7) is 0. The number of nitrogens with one attached hydrogen (secondary N) is 2. The predicted molar refractivity (Wildman–Crippen MR) is 107 cm³/mol. The molecule has 0 radical (unpaired) electrons. The minimum absolute atomic E-state index is 0.146. The van der Waals surface area contributed by atoms with Crippen molar-refractivity contribution in [3.05, 3.63) is 90.0 Å². The van der Waals surface area contributed by atoms with Gasteiger partial charge >= 0.3 is 0 Å². The number of carbonyl (C=O) groups excluding carboxylic acids is 2. The second-order valence-electron chi connectivity index (χ2n) is 6.69. The lowest BCUT2D eigenvalue weighted by Gasteiger charge is -2.11. The summed E-state index contributed by atoms with van der Waals surface area (Å²) >= 11 is 0. The molecule has 0 heterocycles. The van der Waals surface area contributed by atoms with Crippen molar-refractivity contribution in [3.63, 3.8) is 0 Å². The first-order valence-corrected chi connectivity index (χ1v) is 9.07. The maximum absolute atomic E-state index is 12.6. The van der Waals surface area contributed by atoms with Gasteiger partial charge in [-0.25, -0.2) is 0 Å². The fourth-order valence-electron chi connectivity index (χ4n) is 2.92. The van der Waals surface area contributed by atoms with Crippen LogP contribution in [-0.2, 0) is 0 Å². The van der Waals surface area contributed by atoms with Crippen molar-refractivity contribution in [2.45, 2.75) is 18.9 Å². The van der Waals surface area contributed by atoms with E-state index >= 15 is 0 Å². The number of benzene rings is 3. The largest absolute Gasteiger partial charge is 0.349 e. The molecule has 1 saturated carbocycles. The van der Waals surface area contributed by atoms with Crippen LogP contribution in [0.25, 0.3) is 11.1 Å². The molecule has 2 amide bonds. The van der Waals surface area contributed by atoms with Gasteiger partial charge in [0.15, 0.2) is 0 Å². The molecule has 4 nitrogen and oxygen atoms in total. The predicted octanol–water partition coefficient (Wildman–Crippen LogP) is 4.50. The average molecular weight is 356 g/mol. The number of hydrogen-bond acceptors (Lipinski definition) is 2. The molecule has 0 saturated heterocycles. The molecular formula is C23H20N2O2. The highest BCUT2D eigenvalue weighted by Gasteiger charge is 2.25. The topological polar surface area (TPSA) is 58.2 Å². The molecule has 1 fully saturated rings. The van der Waals surface area contributed by atoms with Crippen molar-refractivity contribution in [1.29, 1.82) is 0 Å². The van der Waals surface area contributed by atoms with Gasteiger partial charge in [0, 0.05) is 11.6 Å². The first-order valence-electron chi connectivity index (χ1n) is 9.07. The third-order valence-corrected chi connectivity index (χ3v) is 4.59. The molecule has 0 spiro atoms. The van der Waals surface area contributed by atoms with Crippen molar-refractivity contribution >= 4 is 17.5 Å². The van der Waals surface area contributed by atoms with E-state index in [1.54, 1.807) is 30.3 Å². The van der Waals surface area contributed by atoms with Crippen LogP contribution in [0.15, 0.2) is 78.9 Å². The van der Waals surface area contributed by atoms with Crippen LogP contribution in [-0.4, -0.2) is 17.9 Å². The number of anilines is 1. The van der Waals surface area contributed by atoms with Crippen LogP contribution in [0, 0.1) is 0 Å². The zero-order chi connectivity index (χ0) is 18.6. The van der Waals surface area contributed by atoms with Gasteiger partial charge in [0.05, 0.1) is 11.3 Å². The highest BCUT2D eigenvalue weighted by Crippen LogP contribution is 2.23. The Morgan fingerprint density at radius 1 is 0.704 bits per heavy atom. The lowest BCUT2D eigenvalue weighted by Crippen LogP contribution is -2.27. The molecule has 27 heavy (non-hydrogen) atoms. The van der Waals surface area contributed by atoms with E-state index in [9.17, 15) is 9.59 Å². The normalized spacial score (nSPS) is 13.0. The summed E-state index contributed by atoms with van der Waals surface area (Å²) in [6, 6.07) is 24.8. The molecule has 4 heteroatoms. The van der Waals surface area contributed by atoms with Gasteiger partial charge in [-0.1, -0.05) is 54.6 Å². The van der Waals surface area contributed by atoms with E-state index in [0.29, 0.717) is 16.8 Å². The summed E-state index contributed by atoms with van der Waals surface area (Å²) in [5.41, 5.74) is 3.71. The number of rotatable bonds is 5. The number of para-hydroxylation sites is 1.